The molecule has 1 amide bonds. The van der Waals surface area contributed by atoms with Gasteiger partial charge in [0.15, 0.2) is 24.7 Å². The lowest BCUT2D eigenvalue weighted by Gasteiger charge is -2.11. The number of esters is 1. The van der Waals surface area contributed by atoms with Gasteiger partial charge in [-0.05, 0) is 49.2 Å². The van der Waals surface area contributed by atoms with Gasteiger partial charge in [-0.25, -0.2) is 17.9 Å². The standard InChI is InChI=1S/C16H17N3O5S4/c1-26-15-18-19(16(25)27-15)12-4-2-10(3-5-12)14(21)24-8-13(20)17-11-6-7-28(22,23)9-11/h2-5,11H,6-9H2,1H3,(H,17,20). The summed E-state index contributed by atoms with van der Waals surface area (Å²) in [6, 6.07) is 6.10. The third-order valence-corrected chi connectivity index (χ3v) is 7.96. The van der Waals surface area contributed by atoms with E-state index in [1.807, 2.05) is 6.26 Å². The van der Waals surface area contributed by atoms with Gasteiger partial charge in [-0.15, -0.1) is 5.10 Å². The Morgan fingerprint density at radius 1 is 1.39 bits per heavy atom. The fourth-order valence-electron chi connectivity index (χ4n) is 2.64. The number of hydrogen-bond donors (Lipinski definition) is 1. The van der Waals surface area contributed by atoms with E-state index in [9.17, 15) is 18.0 Å². The van der Waals surface area contributed by atoms with Crippen molar-refractivity contribution >= 4 is 57.0 Å². The Labute approximate surface area is 175 Å². The molecule has 0 aliphatic carbocycles. The number of amides is 1. The van der Waals surface area contributed by atoms with Crippen LogP contribution in [0.2, 0.25) is 0 Å². The number of ether oxygens (including phenoxy) is 1. The topological polar surface area (TPSA) is 107 Å². The van der Waals surface area contributed by atoms with Crippen LogP contribution in [0.1, 0.15) is 16.8 Å². The summed E-state index contributed by atoms with van der Waals surface area (Å²) in [5.74, 6) is -1.19. The SMILES string of the molecule is CSc1nn(-c2ccc(C(=O)OCC(=O)NC3CCS(=O)(=O)C3)cc2)c(=S)s1. The van der Waals surface area contributed by atoms with Crippen molar-refractivity contribution in [1.29, 1.82) is 0 Å². The number of sulfone groups is 1. The molecule has 0 saturated carbocycles. The normalized spacial score (nSPS) is 18.0. The molecule has 2 aromatic rings. The number of carbonyl (C=O) groups excluding carboxylic acids is 2. The first-order valence-corrected chi connectivity index (χ1v) is 12.5. The molecule has 1 aromatic heterocycles. The van der Waals surface area contributed by atoms with Crippen LogP contribution in [0.15, 0.2) is 28.6 Å². The molecule has 1 unspecified atom stereocenters. The molecule has 0 spiro atoms. The zero-order chi connectivity index (χ0) is 20.3. The fourth-order valence-corrected chi connectivity index (χ4v) is 6.09. The minimum Gasteiger partial charge on any atom is -0.452 e. The maximum Gasteiger partial charge on any atom is 0.338 e. The van der Waals surface area contributed by atoms with Gasteiger partial charge in [-0.2, -0.15) is 0 Å². The zero-order valence-electron chi connectivity index (χ0n) is 14.8. The third-order valence-electron chi connectivity index (χ3n) is 3.98. The van der Waals surface area contributed by atoms with Crippen LogP contribution in [0.3, 0.4) is 0 Å². The molecule has 1 fully saturated rings. The van der Waals surface area contributed by atoms with E-state index in [2.05, 4.69) is 10.4 Å². The molecular weight excluding hydrogens is 442 g/mol. The Morgan fingerprint density at radius 2 is 2.11 bits per heavy atom. The van der Waals surface area contributed by atoms with Gasteiger partial charge in [0, 0.05) is 6.04 Å². The second kappa shape index (κ2) is 8.72. The van der Waals surface area contributed by atoms with Gasteiger partial charge in [-0.3, -0.25) is 4.79 Å². The molecule has 1 atom stereocenters. The Hall–Kier alpha value is -1.76. The first-order valence-electron chi connectivity index (χ1n) is 8.19. The van der Waals surface area contributed by atoms with Crippen molar-refractivity contribution in [1.82, 2.24) is 15.1 Å². The number of nitrogens with zero attached hydrogens (tertiary/aromatic N) is 2. The zero-order valence-corrected chi connectivity index (χ0v) is 18.0. The van der Waals surface area contributed by atoms with Crippen LogP contribution in [0, 0.1) is 3.95 Å². The van der Waals surface area contributed by atoms with Gasteiger partial charge in [-0.1, -0.05) is 23.1 Å². The van der Waals surface area contributed by atoms with E-state index in [1.165, 1.54) is 23.1 Å². The number of aromatic nitrogens is 2. The van der Waals surface area contributed by atoms with E-state index < -0.39 is 34.4 Å². The quantitative estimate of drug-likeness (QED) is 0.396. The molecule has 1 aliphatic heterocycles. The van der Waals surface area contributed by atoms with Crippen LogP contribution >= 0.6 is 35.3 Å². The van der Waals surface area contributed by atoms with E-state index in [0.29, 0.717) is 10.4 Å². The maximum atomic E-state index is 12.1. The van der Waals surface area contributed by atoms with Crippen molar-refractivity contribution in [2.75, 3.05) is 24.4 Å². The minimum atomic E-state index is -3.08. The predicted molar refractivity (Wildman–Crippen MR) is 110 cm³/mol. The summed E-state index contributed by atoms with van der Waals surface area (Å²) in [5, 5.41) is 6.94. The highest BCUT2D eigenvalue weighted by Crippen LogP contribution is 2.22. The number of carbonyl (C=O) groups is 2. The second-order valence-electron chi connectivity index (χ2n) is 6.04. The van der Waals surface area contributed by atoms with E-state index in [4.69, 9.17) is 17.0 Å². The van der Waals surface area contributed by atoms with Crippen LogP contribution in [0.5, 0.6) is 0 Å². The summed E-state index contributed by atoms with van der Waals surface area (Å²) >= 11 is 8.18. The predicted octanol–water partition coefficient (Wildman–Crippen LogP) is 1.85. The van der Waals surface area contributed by atoms with E-state index >= 15 is 0 Å². The lowest BCUT2D eigenvalue weighted by molar-refractivity contribution is -0.124. The number of benzene rings is 1. The summed E-state index contributed by atoms with van der Waals surface area (Å²) in [6.45, 7) is -0.467. The first kappa shape index (κ1) is 21.0. The highest BCUT2D eigenvalue weighted by atomic mass is 32.2. The van der Waals surface area contributed by atoms with Gasteiger partial charge in [0.2, 0.25) is 0 Å². The third kappa shape index (κ3) is 5.19. The lowest BCUT2D eigenvalue weighted by Crippen LogP contribution is -2.38. The Morgan fingerprint density at radius 3 is 2.68 bits per heavy atom. The Balaban J connectivity index is 1.55. The van der Waals surface area contributed by atoms with Crippen LogP contribution in [-0.4, -0.2) is 60.5 Å². The molecule has 1 aliphatic rings. The molecule has 12 heteroatoms. The van der Waals surface area contributed by atoms with Gasteiger partial charge >= 0.3 is 5.97 Å². The summed E-state index contributed by atoms with van der Waals surface area (Å²) in [7, 11) is -3.08. The van der Waals surface area contributed by atoms with Gasteiger partial charge < -0.3 is 10.1 Å². The van der Waals surface area contributed by atoms with Gasteiger partial charge in [0.25, 0.3) is 5.91 Å². The van der Waals surface area contributed by atoms with Crippen LogP contribution in [0.4, 0.5) is 0 Å². The maximum absolute atomic E-state index is 12.1. The van der Waals surface area contributed by atoms with E-state index in [1.54, 1.807) is 28.9 Å². The molecule has 1 aromatic carbocycles. The van der Waals surface area contributed by atoms with E-state index in [0.717, 1.165) is 10.0 Å². The molecule has 1 saturated heterocycles. The molecular formula is C16H17N3O5S4. The smallest absolute Gasteiger partial charge is 0.338 e. The van der Waals surface area contributed by atoms with Gasteiger partial charge in [0.1, 0.15) is 0 Å². The summed E-state index contributed by atoms with van der Waals surface area (Å²) in [5.41, 5.74) is 1.00. The molecule has 2 heterocycles. The largest absolute Gasteiger partial charge is 0.452 e. The average molecular weight is 460 g/mol. The van der Waals surface area contributed by atoms with Crippen molar-refractivity contribution in [3.05, 3.63) is 33.8 Å². The van der Waals surface area contributed by atoms with Gasteiger partial charge in [0.05, 0.1) is 22.8 Å². The molecule has 8 nitrogen and oxygen atoms in total. The number of nitrogens with one attached hydrogen (secondary N) is 1. The highest BCUT2D eigenvalue weighted by molar-refractivity contribution is 8.00. The lowest BCUT2D eigenvalue weighted by atomic mass is 10.2. The molecule has 0 radical (unpaired) electrons. The number of thioether (sulfide) groups is 1. The molecule has 1 N–H and O–H groups in total. The average Bonchev–Trinajstić information content (AvgIpc) is 3.21. The molecule has 28 heavy (non-hydrogen) atoms. The van der Waals surface area contributed by atoms with Crippen molar-refractivity contribution in [3.63, 3.8) is 0 Å². The first-order chi connectivity index (χ1) is 13.3. The van der Waals surface area contributed by atoms with Crippen molar-refractivity contribution in [2.24, 2.45) is 0 Å². The molecule has 3 rings (SSSR count). The minimum absolute atomic E-state index is 0.0610. The molecule has 0 bridgehead atoms. The summed E-state index contributed by atoms with van der Waals surface area (Å²) in [4.78, 5) is 24.0. The van der Waals surface area contributed by atoms with Crippen LogP contribution < -0.4 is 5.32 Å². The van der Waals surface area contributed by atoms with Crippen LogP contribution in [-0.2, 0) is 19.4 Å². The second-order valence-corrected chi connectivity index (χ2v) is 10.9. The van der Waals surface area contributed by atoms with Crippen molar-refractivity contribution in [3.8, 4) is 5.69 Å². The molecule has 150 valence electrons. The monoisotopic (exact) mass is 459 g/mol. The summed E-state index contributed by atoms with van der Waals surface area (Å²) in [6.07, 6.45) is 2.29. The number of rotatable bonds is 6. The Bertz CT molecular complexity index is 1040. The highest BCUT2D eigenvalue weighted by Gasteiger charge is 2.29. The van der Waals surface area contributed by atoms with Crippen LogP contribution in [0.25, 0.3) is 5.69 Å². The van der Waals surface area contributed by atoms with Crippen molar-refractivity contribution in [2.45, 2.75) is 16.8 Å². The Kier molecular flexibility index (Phi) is 6.53. The van der Waals surface area contributed by atoms with E-state index in [-0.39, 0.29) is 17.1 Å². The fraction of sp³-hybridized carbons (Fsp3) is 0.375. The van der Waals surface area contributed by atoms with Crippen molar-refractivity contribution < 1.29 is 22.7 Å². The number of hydrogen-bond acceptors (Lipinski definition) is 9. The summed E-state index contributed by atoms with van der Waals surface area (Å²) < 4.78 is 30.8.